The summed E-state index contributed by atoms with van der Waals surface area (Å²) in [6.07, 6.45) is 1.76. The summed E-state index contributed by atoms with van der Waals surface area (Å²) >= 11 is 9.28. The SMILES string of the molecule is S=C1C=C(S)NN(N2CCOCC2)N1. The van der Waals surface area contributed by atoms with Crippen molar-refractivity contribution in [2.24, 2.45) is 0 Å². The maximum atomic E-state index is 5.25. The molecule has 0 aromatic heterocycles. The van der Waals surface area contributed by atoms with Crippen molar-refractivity contribution in [3.63, 3.8) is 0 Å². The Labute approximate surface area is 93.4 Å². The highest BCUT2D eigenvalue weighted by molar-refractivity contribution is 7.84. The monoisotopic (exact) mass is 232 g/mol. The molecule has 2 rings (SSSR count). The first-order valence-corrected chi connectivity index (χ1v) is 5.22. The summed E-state index contributed by atoms with van der Waals surface area (Å²) < 4.78 is 5.25. The van der Waals surface area contributed by atoms with Crippen molar-refractivity contribution in [3.05, 3.63) is 11.1 Å². The summed E-state index contributed by atoms with van der Waals surface area (Å²) in [4.78, 5) is 0.653. The minimum Gasteiger partial charge on any atom is -0.379 e. The van der Waals surface area contributed by atoms with Gasteiger partial charge in [-0.05, 0) is 0 Å². The number of nitrogens with one attached hydrogen (secondary N) is 2. The van der Waals surface area contributed by atoms with Crippen LogP contribution in [0.1, 0.15) is 0 Å². The molecule has 78 valence electrons. The molecule has 14 heavy (non-hydrogen) atoms. The molecule has 0 aromatic rings. The molecule has 0 bridgehead atoms. The van der Waals surface area contributed by atoms with E-state index in [0.29, 0.717) is 4.99 Å². The molecule has 0 saturated carbocycles. The highest BCUT2D eigenvalue weighted by atomic mass is 32.1. The maximum Gasteiger partial charge on any atom is 0.118 e. The van der Waals surface area contributed by atoms with Crippen molar-refractivity contribution in [2.45, 2.75) is 0 Å². The Hall–Kier alpha value is -0.340. The molecule has 1 saturated heterocycles. The lowest BCUT2D eigenvalue weighted by atomic mass is 10.5. The minimum atomic E-state index is 0.653. The number of thiol groups is 1. The first-order valence-electron chi connectivity index (χ1n) is 4.36. The predicted octanol–water partition coefficient (Wildman–Crippen LogP) is -0.343. The Kier molecular flexibility index (Phi) is 3.24. The van der Waals surface area contributed by atoms with Crippen LogP contribution in [0.4, 0.5) is 0 Å². The summed E-state index contributed by atoms with van der Waals surface area (Å²) in [6, 6.07) is 0. The lowest BCUT2D eigenvalue weighted by Gasteiger charge is -2.39. The van der Waals surface area contributed by atoms with E-state index in [0.717, 1.165) is 31.3 Å². The van der Waals surface area contributed by atoms with Gasteiger partial charge in [-0.2, -0.15) is 0 Å². The minimum absolute atomic E-state index is 0.653. The molecule has 0 amide bonds. The normalized spacial score (nSPS) is 25.2. The van der Waals surface area contributed by atoms with Gasteiger partial charge in [-0.1, -0.05) is 17.4 Å². The quantitative estimate of drug-likeness (QED) is 0.424. The molecule has 7 heteroatoms. The van der Waals surface area contributed by atoms with Crippen LogP contribution in [0.2, 0.25) is 0 Å². The van der Waals surface area contributed by atoms with E-state index in [1.165, 1.54) is 0 Å². The third-order valence-electron chi connectivity index (χ3n) is 1.97. The first-order chi connectivity index (χ1) is 6.75. The van der Waals surface area contributed by atoms with Gasteiger partial charge >= 0.3 is 0 Å². The lowest BCUT2D eigenvalue weighted by Crippen LogP contribution is -2.62. The highest BCUT2D eigenvalue weighted by Crippen LogP contribution is 2.06. The summed E-state index contributed by atoms with van der Waals surface area (Å²) in [5.41, 5.74) is 6.06. The van der Waals surface area contributed by atoms with E-state index in [2.05, 4.69) is 28.5 Å². The first kappa shape index (κ1) is 10.2. The molecule has 0 radical (unpaired) electrons. The Morgan fingerprint density at radius 2 is 2.07 bits per heavy atom. The number of hydrazine groups is 3. The lowest BCUT2D eigenvalue weighted by molar-refractivity contribution is -0.131. The van der Waals surface area contributed by atoms with Crippen molar-refractivity contribution in [2.75, 3.05) is 26.3 Å². The van der Waals surface area contributed by atoms with E-state index in [1.54, 1.807) is 11.3 Å². The third-order valence-corrected chi connectivity index (χ3v) is 2.41. The summed E-state index contributed by atoms with van der Waals surface area (Å²) in [5, 5.41) is 4.58. The highest BCUT2D eigenvalue weighted by Gasteiger charge is 2.21. The van der Waals surface area contributed by atoms with Crippen LogP contribution >= 0.6 is 24.8 Å². The fourth-order valence-corrected chi connectivity index (χ4v) is 1.84. The standard InChI is InChI=1S/C7H12N4OS2/c13-6-5-7(14)9-11(8-6)10-1-3-12-4-2-10/h5,8,13H,1-4H2,(H,9,14). The Balaban J connectivity index is 1.97. The Morgan fingerprint density at radius 1 is 1.36 bits per heavy atom. The van der Waals surface area contributed by atoms with E-state index < -0.39 is 0 Å². The van der Waals surface area contributed by atoms with E-state index in [1.807, 2.05) is 0 Å². The molecule has 2 aliphatic rings. The second kappa shape index (κ2) is 4.45. The van der Waals surface area contributed by atoms with Crippen LogP contribution in [-0.4, -0.2) is 41.5 Å². The largest absolute Gasteiger partial charge is 0.379 e. The van der Waals surface area contributed by atoms with Gasteiger partial charge in [-0.3, -0.25) is 10.9 Å². The maximum absolute atomic E-state index is 5.25. The van der Waals surface area contributed by atoms with Gasteiger partial charge in [0.2, 0.25) is 0 Å². The smallest absolute Gasteiger partial charge is 0.118 e. The second-order valence-corrected chi connectivity index (χ2v) is 3.92. The third kappa shape index (κ3) is 2.37. The second-order valence-electron chi connectivity index (χ2n) is 3.00. The number of thiocarbonyl (C=S) groups is 1. The number of rotatable bonds is 1. The van der Waals surface area contributed by atoms with Gasteiger partial charge in [-0.25, -0.2) is 5.01 Å². The molecule has 5 nitrogen and oxygen atoms in total. The topological polar surface area (TPSA) is 39.8 Å². The van der Waals surface area contributed by atoms with E-state index >= 15 is 0 Å². The van der Waals surface area contributed by atoms with Gasteiger partial charge in [0.15, 0.2) is 0 Å². The molecule has 1 fully saturated rings. The number of hydrogen-bond donors (Lipinski definition) is 3. The summed E-state index contributed by atoms with van der Waals surface area (Å²) in [7, 11) is 0. The molecule has 2 aliphatic heterocycles. The molecule has 2 N–H and O–H groups in total. The number of hydrogen-bond acceptors (Lipinski definition) is 6. The molecule has 2 heterocycles. The number of nitrogens with zero attached hydrogens (tertiary/aromatic N) is 2. The average molecular weight is 232 g/mol. The van der Waals surface area contributed by atoms with Crippen LogP contribution in [0.15, 0.2) is 11.1 Å². The van der Waals surface area contributed by atoms with Gasteiger partial charge in [0.25, 0.3) is 0 Å². The fourth-order valence-electron chi connectivity index (χ4n) is 1.32. The van der Waals surface area contributed by atoms with Crippen molar-refractivity contribution < 1.29 is 4.74 Å². The molecular weight excluding hydrogens is 220 g/mol. The molecule has 0 unspecified atom stereocenters. The summed E-state index contributed by atoms with van der Waals surface area (Å²) in [6.45, 7) is 3.14. The van der Waals surface area contributed by atoms with Crippen LogP contribution in [0.3, 0.4) is 0 Å². The number of ether oxygens (including phenoxy) is 1. The van der Waals surface area contributed by atoms with Crippen molar-refractivity contribution >= 4 is 29.8 Å². The summed E-state index contributed by atoms with van der Waals surface area (Å²) in [5.74, 6) is 0. The van der Waals surface area contributed by atoms with Gasteiger partial charge in [0.05, 0.1) is 18.2 Å². The molecule has 0 aliphatic carbocycles. The van der Waals surface area contributed by atoms with Crippen LogP contribution in [0.5, 0.6) is 0 Å². The zero-order valence-electron chi connectivity index (χ0n) is 7.56. The van der Waals surface area contributed by atoms with Gasteiger partial charge in [-0.15, -0.1) is 12.6 Å². The fraction of sp³-hybridized carbons (Fsp3) is 0.571. The van der Waals surface area contributed by atoms with Crippen LogP contribution in [0, 0.1) is 0 Å². The average Bonchev–Trinajstić information content (AvgIpc) is 2.18. The van der Waals surface area contributed by atoms with Crippen molar-refractivity contribution in [1.82, 2.24) is 21.1 Å². The number of morpholine rings is 1. The predicted molar refractivity (Wildman–Crippen MR) is 60.2 cm³/mol. The zero-order valence-corrected chi connectivity index (χ0v) is 9.27. The van der Waals surface area contributed by atoms with Gasteiger partial charge in [0, 0.05) is 19.2 Å². The van der Waals surface area contributed by atoms with E-state index in [-0.39, 0.29) is 0 Å². The van der Waals surface area contributed by atoms with Gasteiger partial charge in [0.1, 0.15) is 4.99 Å². The van der Waals surface area contributed by atoms with Crippen molar-refractivity contribution in [1.29, 1.82) is 0 Å². The van der Waals surface area contributed by atoms with Crippen LogP contribution in [0.25, 0.3) is 0 Å². The van der Waals surface area contributed by atoms with Gasteiger partial charge < -0.3 is 4.74 Å². The molecule has 0 aromatic carbocycles. The molecule has 0 spiro atoms. The van der Waals surface area contributed by atoms with Crippen LogP contribution < -0.4 is 10.9 Å². The van der Waals surface area contributed by atoms with Crippen LogP contribution in [-0.2, 0) is 4.74 Å². The molecule has 0 atom stereocenters. The van der Waals surface area contributed by atoms with E-state index in [4.69, 9.17) is 17.0 Å². The Bertz CT molecular complexity index is 264. The zero-order chi connectivity index (χ0) is 9.97. The molecular formula is C7H12N4OS2. The van der Waals surface area contributed by atoms with Crippen molar-refractivity contribution in [3.8, 4) is 0 Å². The van der Waals surface area contributed by atoms with E-state index in [9.17, 15) is 0 Å². The Morgan fingerprint density at radius 3 is 2.71 bits per heavy atom.